The summed E-state index contributed by atoms with van der Waals surface area (Å²) in [4.78, 5) is 10.4. The molecule has 0 spiro atoms. The Morgan fingerprint density at radius 2 is 1.78 bits per heavy atom. The summed E-state index contributed by atoms with van der Waals surface area (Å²) in [7, 11) is 0. The summed E-state index contributed by atoms with van der Waals surface area (Å²) in [6.07, 6.45) is 6.50. The van der Waals surface area contributed by atoms with Gasteiger partial charge in [0.15, 0.2) is 0 Å². The summed E-state index contributed by atoms with van der Waals surface area (Å²) in [5.74, 6) is -1.64. The lowest BCUT2D eigenvalue weighted by molar-refractivity contribution is 0.122. The highest BCUT2D eigenvalue weighted by Gasteiger charge is 2.27. The van der Waals surface area contributed by atoms with Gasteiger partial charge in [-0.15, -0.1) is 0 Å². The molecule has 1 aromatic carbocycles. The van der Waals surface area contributed by atoms with Crippen LogP contribution in [-0.2, 0) is 11.3 Å². The lowest BCUT2D eigenvalue weighted by Crippen LogP contribution is -2.36. The van der Waals surface area contributed by atoms with Crippen LogP contribution in [0, 0.1) is 23.4 Å². The van der Waals surface area contributed by atoms with Crippen LogP contribution in [0.4, 0.5) is 24.5 Å². The third kappa shape index (κ3) is 5.72. The molecule has 0 amide bonds. The smallest absolute Gasteiger partial charge is 0.149 e. The molecule has 9 heteroatoms. The van der Waals surface area contributed by atoms with Gasteiger partial charge in [0, 0.05) is 31.0 Å². The largest absolute Gasteiger partial charge is 0.378 e. The van der Waals surface area contributed by atoms with E-state index in [2.05, 4.69) is 22.2 Å². The zero-order valence-corrected chi connectivity index (χ0v) is 20.9. The van der Waals surface area contributed by atoms with E-state index in [0.29, 0.717) is 49.5 Å². The van der Waals surface area contributed by atoms with Crippen LogP contribution in [0.15, 0.2) is 42.7 Å². The van der Waals surface area contributed by atoms with Crippen LogP contribution in [0.3, 0.4) is 0 Å². The topological polar surface area (TPSA) is 76.3 Å². The summed E-state index contributed by atoms with van der Waals surface area (Å²) in [5.41, 5.74) is 8.31. The number of morpholine rings is 1. The minimum absolute atomic E-state index is 0.163. The van der Waals surface area contributed by atoms with Gasteiger partial charge in [0.25, 0.3) is 0 Å². The predicted octanol–water partition coefficient (Wildman–Crippen LogP) is 5.24. The van der Waals surface area contributed by atoms with Gasteiger partial charge in [-0.2, -0.15) is 0 Å². The van der Waals surface area contributed by atoms with Crippen molar-refractivity contribution in [2.45, 2.75) is 44.7 Å². The van der Waals surface area contributed by atoms with E-state index < -0.39 is 23.0 Å². The summed E-state index contributed by atoms with van der Waals surface area (Å²) in [5, 5.41) is 3.34. The van der Waals surface area contributed by atoms with Crippen molar-refractivity contribution in [3.63, 3.8) is 0 Å². The molecule has 196 valence electrons. The lowest BCUT2D eigenvalue weighted by atomic mass is 9.76. The molecule has 2 aliphatic rings. The molecule has 5 rings (SSSR count). The second-order valence-corrected chi connectivity index (χ2v) is 10.1. The predicted molar refractivity (Wildman–Crippen MR) is 138 cm³/mol. The number of nitrogens with one attached hydrogen (secondary N) is 1. The number of nitrogens with two attached hydrogens (primary N) is 1. The third-order valence-corrected chi connectivity index (χ3v) is 7.28. The monoisotopic (exact) mass is 511 g/mol. The molecule has 1 saturated carbocycles. The maximum atomic E-state index is 15.1. The van der Waals surface area contributed by atoms with Crippen LogP contribution in [0.2, 0.25) is 0 Å². The van der Waals surface area contributed by atoms with E-state index in [1.54, 1.807) is 12.4 Å². The van der Waals surface area contributed by atoms with E-state index >= 15 is 8.78 Å². The first-order valence-electron chi connectivity index (χ1n) is 12.8. The van der Waals surface area contributed by atoms with Crippen molar-refractivity contribution in [1.82, 2.24) is 9.97 Å². The van der Waals surface area contributed by atoms with Crippen LogP contribution in [0.1, 0.15) is 43.4 Å². The molecule has 0 bridgehead atoms. The number of hydrogen-bond acceptors (Lipinski definition) is 6. The van der Waals surface area contributed by atoms with E-state index in [0.717, 1.165) is 30.5 Å². The quantitative estimate of drug-likeness (QED) is 0.472. The lowest BCUT2D eigenvalue weighted by Gasteiger charge is -2.32. The van der Waals surface area contributed by atoms with Gasteiger partial charge in [0.1, 0.15) is 23.1 Å². The Morgan fingerprint density at radius 3 is 2.51 bits per heavy atom. The molecule has 3 atom stereocenters. The van der Waals surface area contributed by atoms with E-state index in [1.807, 2.05) is 11.0 Å². The van der Waals surface area contributed by atoms with Gasteiger partial charge in [0.2, 0.25) is 0 Å². The molecule has 3 heterocycles. The van der Waals surface area contributed by atoms with Crippen LogP contribution < -0.4 is 16.0 Å². The molecule has 1 aliphatic heterocycles. The van der Waals surface area contributed by atoms with Gasteiger partial charge in [-0.1, -0.05) is 6.92 Å². The molecule has 1 unspecified atom stereocenters. The minimum Gasteiger partial charge on any atom is -0.378 e. The number of nitrogens with zero attached hydrogens (tertiary/aromatic N) is 3. The number of benzene rings is 1. The van der Waals surface area contributed by atoms with Crippen molar-refractivity contribution < 1.29 is 17.9 Å². The van der Waals surface area contributed by atoms with Crippen LogP contribution in [-0.4, -0.2) is 42.3 Å². The summed E-state index contributed by atoms with van der Waals surface area (Å²) in [6.45, 7) is 4.51. The first-order chi connectivity index (χ1) is 17.9. The Balaban J connectivity index is 1.37. The summed E-state index contributed by atoms with van der Waals surface area (Å²) in [6, 6.07) is 7.33. The maximum absolute atomic E-state index is 15.1. The number of pyridine rings is 2. The second kappa shape index (κ2) is 11.1. The fourth-order valence-corrected chi connectivity index (χ4v) is 5.55. The highest BCUT2D eigenvalue weighted by molar-refractivity contribution is 5.66. The highest BCUT2D eigenvalue weighted by atomic mass is 19.1. The molecule has 2 aromatic heterocycles. The molecule has 6 nitrogen and oxygen atoms in total. The van der Waals surface area contributed by atoms with Crippen molar-refractivity contribution in [2.24, 2.45) is 11.7 Å². The third-order valence-electron chi connectivity index (χ3n) is 7.28. The van der Waals surface area contributed by atoms with Crippen LogP contribution >= 0.6 is 0 Å². The Morgan fingerprint density at radius 1 is 1.03 bits per heavy atom. The van der Waals surface area contributed by atoms with E-state index in [4.69, 9.17) is 10.5 Å². The highest BCUT2D eigenvalue weighted by Crippen LogP contribution is 2.38. The molecule has 1 aliphatic carbocycles. The van der Waals surface area contributed by atoms with E-state index in [1.165, 1.54) is 24.3 Å². The van der Waals surface area contributed by atoms with Crippen molar-refractivity contribution in [3.8, 4) is 11.3 Å². The number of halogens is 3. The fraction of sp³-hybridized carbons (Fsp3) is 0.429. The van der Waals surface area contributed by atoms with E-state index in [-0.39, 0.29) is 18.3 Å². The first kappa shape index (κ1) is 25.5. The van der Waals surface area contributed by atoms with Gasteiger partial charge < -0.3 is 20.7 Å². The number of anilines is 2. The van der Waals surface area contributed by atoms with Gasteiger partial charge in [-0.3, -0.25) is 4.98 Å². The first-order valence-corrected chi connectivity index (χ1v) is 12.8. The second-order valence-electron chi connectivity index (χ2n) is 10.1. The van der Waals surface area contributed by atoms with Gasteiger partial charge in [0.05, 0.1) is 42.9 Å². The van der Waals surface area contributed by atoms with Crippen molar-refractivity contribution >= 4 is 11.4 Å². The molecular weight excluding hydrogens is 479 g/mol. The number of aromatic nitrogens is 2. The normalized spacial score (nSPS) is 22.2. The number of ether oxygens (including phenoxy) is 1. The molecule has 1 saturated heterocycles. The summed E-state index contributed by atoms with van der Waals surface area (Å²) < 4.78 is 50.2. The molecule has 0 radical (unpaired) electrons. The zero-order valence-electron chi connectivity index (χ0n) is 20.9. The molecule has 37 heavy (non-hydrogen) atoms. The Labute approximate surface area is 215 Å². The van der Waals surface area contributed by atoms with Crippen molar-refractivity contribution in [2.75, 3.05) is 36.5 Å². The van der Waals surface area contributed by atoms with Crippen molar-refractivity contribution in [1.29, 1.82) is 0 Å². The van der Waals surface area contributed by atoms with Crippen LogP contribution in [0.5, 0.6) is 0 Å². The number of hydrogen-bond donors (Lipinski definition) is 2. The Bertz CT molecular complexity index is 1220. The Kier molecular flexibility index (Phi) is 7.62. The molecular formula is C28H32F3N5O. The zero-order chi connectivity index (χ0) is 25.9. The fourth-order valence-electron chi connectivity index (χ4n) is 5.55. The van der Waals surface area contributed by atoms with Crippen LogP contribution in [0.25, 0.3) is 11.3 Å². The maximum Gasteiger partial charge on any atom is 0.149 e. The molecule has 2 fully saturated rings. The summed E-state index contributed by atoms with van der Waals surface area (Å²) >= 11 is 0. The van der Waals surface area contributed by atoms with E-state index in [9.17, 15) is 4.39 Å². The van der Waals surface area contributed by atoms with Crippen molar-refractivity contribution in [3.05, 3.63) is 71.4 Å². The number of rotatable bonds is 6. The molecule has 3 aromatic rings. The SMILES string of the molecule is C[C@@H]1CC(N)C[C@H](c2ccncc2NCc2ccc(F)c(-c3c(F)cc(N4CCOCC4)cc3F)n2)C1. The Hall–Kier alpha value is -3.17. The minimum atomic E-state index is -0.852. The molecule has 3 N–H and O–H groups in total. The standard InChI is InChI=1S/C28H32F3N5O/c1-17-10-18(12-19(32)11-17)22-4-5-33-16-26(22)34-15-20-2-3-23(29)28(35-20)27-24(30)13-21(14-25(27)31)36-6-8-37-9-7-36/h2-5,13-14,16-19,34H,6-12,15,32H2,1H3/t17-,18+,19?/m0/s1. The van der Waals surface area contributed by atoms with Gasteiger partial charge in [-0.25, -0.2) is 18.2 Å². The average Bonchev–Trinajstić information content (AvgIpc) is 2.88. The van der Waals surface area contributed by atoms with Gasteiger partial charge in [-0.05, 0) is 67.0 Å². The average molecular weight is 512 g/mol. The van der Waals surface area contributed by atoms with Gasteiger partial charge >= 0.3 is 0 Å².